The summed E-state index contributed by atoms with van der Waals surface area (Å²) >= 11 is 0. The van der Waals surface area contributed by atoms with Crippen LogP contribution in [0.5, 0.6) is 46.0 Å². The number of piperidine rings is 1. The fourth-order valence-corrected chi connectivity index (χ4v) is 9.30. The first-order valence-electron chi connectivity index (χ1n) is 24.3. The number of amides is 1. The highest BCUT2D eigenvalue weighted by molar-refractivity contribution is 5.86. The first-order valence-corrected chi connectivity index (χ1v) is 24.3. The number of benzene rings is 4. The molecule has 0 bridgehead atoms. The maximum atomic E-state index is 15.6. The van der Waals surface area contributed by atoms with E-state index in [0.717, 1.165) is 25.8 Å². The summed E-state index contributed by atoms with van der Waals surface area (Å²) in [6.45, 7) is 12.5. The highest BCUT2D eigenvalue weighted by Crippen LogP contribution is 2.48. The van der Waals surface area contributed by atoms with E-state index in [1.807, 2.05) is 6.92 Å². The second kappa shape index (κ2) is 26.6. The zero-order valence-electron chi connectivity index (χ0n) is 43.3. The Morgan fingerprint density at radius 1 is 0.400 bits per heavy atom. The molecule has 2 aliphatic rings. The smallest absolute Gasteiger partial charge is 0.308 e. The third kappa shape index (κ3) is 17.5. The summed E-state index contributed by atoms with van der Waals surface area (Å²) in [4.78, 5) is 123. The molecule has 6 rings (SSSR count). The minimum atomic E-state index is -0.766. The lowest BCUT2D eigenvalue weighted by molar-refractivity contribution is -0.138. The number of nitrogens with one attached hydrogen (secondary N) is 1. The van der Waals surface area contributed by atoms with E-state index < -0.39 is 71.4 Å². The first kappa shape index (κ1) is 57.7. The van der Waals surface area contributed by atoms with E-state index >= 15 is 4.79 Å². The number of ketones is 1. The molecule has 75 heavy (non-hydrogen) atoms. The van der Waals surface area contributed by atoms with Crippen LogP contribution in [-0.2, 0) is 73.6 Å². The predicted molar refractivity (Wildman–Crippen MR) is 266 cm³/mol. The Morgan fingerprint density at radius 2 is 0.667 bits per heavy atom. The molecule has 4 aromatic rings. The maximum Gasteiger partial charge on any atom is 0.308 e. The molecule has 4 atom stereocenters. The number of carbonyl (C=O) groups is 10. The van der Waals surface area contributed by atoms with Crippen molar-refractivity contribution in [2.24, 2.45) is 29.6 Å². The SMILES string of the molecule is CC(=O)Oc1ccc(CC2C(=O)C(Cc3ccc(OC(C)=O)c(OC(C)=O)c3)C(Cc3ccc(OC(C)=O)c(OC(C)=O)c3)C(C)C2Cc2ccc(OC(C)=O)c(OC(C)=O)c2)cc1OC(C)=O.O=C1CCCCN1. The molecular formula is C56H61NO18. The van der Waals surface area contributed by atoms with Crippen molar-refractivity contribution in [1.29, 1.82) is 0 Å². The molecule has 1 saturated carbocycles. The number of Topliss-reactive ketones (excluding diaryl/α,β-unsaturated/α-hetero) is 1. The van der Waals surface area contributed by atoms with Crippen LogP contribution < -0.4 is 43.2 Å². The van der Waals surface area contributed by atoms with Gasteiger partial charge in [0.15, 0.2) is 46.0 Å². The Hall–Kier alpha value is -8.22. The second-order valence-electron chi connectivity index (χ2n) is 18.3. The van der Waals surface area contributed by atoms with Crippen molar-refractivity contribution < 1.29 is 85.8 Å². The van der Waals surface area contributed by atoms with Gasteiger partial charge in [-0.1, -0.05) is 31.2 Å². The molecule has 1 heterocycles. The monoisotopic (exact) mass is 1040 g/mol. The molecule has 1 saturated heterocycles. The molecule has 4 aromatic carbocycles. The maximum absolute atomic E-state index is 15.6. The molecule has 4 unspecified atom stereocenters. The van der Waals surface area contributed by atoms with Crippen molar-refractivity contribution in [2.75, 3.05) is 6.54 Å². The van der Waals surface area contributed by atoms with Gasteiger partial charge in [-0.2, -0.15) is 0 Å². The molecule has 398 valence electrons. The lowest BCUT2D eigenvalue weighted by Crippen LogP contribution is -2.49. The summed E-state index contributed by atoms with van der Waals surface area (Å²) in [6, 6.07) is 18.9. The lowest BCUT2D eigenvalue weighted by atomic mass is 9.57. The van der Waals surface area contributed by atoms with Gasteiger partial charge < -0.3 is 43.2 Å². The molecule has 0 spiro atoms. The summed E-state index contributed by atoms with van der Waals surface area (Å²) in [6.07, 6.45) is 3.64. The molecule has 2 fully saturated rings. The van der Waals surface area contributed by atoms with Crippen LogP contribution in [0.25, 0.3) is 0 Å². The van der Waals surface area contributed by atoms with Gasteiger partial charge in [-0.3, -0.25) is 47.9 Å². The van der Waals surface area contributed by atoms with Gasteiger partial charge in [0, 0.05) is 80.2 Å². The van der Waals surface area contributed by atoms with E-state index in [9.17, 15) is 43.2 Å². The van der Waals surface area contributed by atoms with Crippen molar-refractivity contribution in [1.82, 2.24) is 5.32 Å². The van der Waals surface area contributed by atoms with E-state index in [1.165, 1.54) is 91.8 Å². The molecule has 1 aliphatic carbocycles. The number of ether oxygens (including phenoxy) is 8. The third-order valence-corrected chi connectivity index (χ3v) is 12.2. The minimum absolute atomic E-state index is 0.00576. The van der Waals surface area contributed by atoms with Gasteiger partial charge in [0.05, 0.1) is 0 Å². The zero-order chi connectivity index (χ0) is 55.1. The Labute approximate surface area is 433 Å². The molecule has 1 amide bonds. The molecule has 0 aromatic heterocycles. The first-order chi connectivity index (χ1) is 35.4. The second-order valence-corrected chi connectivity index (χ2v) is 18.3. The van der Waals surface area contributed by atoms with Crippen LogP contribution in [0.4, 0.5) is 0 Å². The van der Waals surface area contributed by atoms with Gasteiger partial charge in [0.2, 0.25) is 5.91 Å². The summed E-state index contributed by atoms with van der Waals surface area (Å²) in [7, 11) is 0. The average molecular weight is 1040 g/mol. The molecular weight excluding hydrogens is 975 g/mol. The van der Waals surface area contributed by atoms with Crippen LogP contribution in [0, 0.1) is 29.6 Å². The van der Waals surface area contributed by atoms with Crippen molar-refractivity contribution in [3.8, 4) is 46.0 Å². The highest BCUT2D eigenvalue weighted by atomic mass is 16.6. The summed E-state index contributed by atoms with van der Waals surface area (Å²) in [5.74, 6) is -8.12. The zero-order valence-corrected chi connectivity index (χ0v) is 43.3. The van der Waals surface area contributed by atoms with Gasteiger partial charge in [0.25, 0.3) is 0 Å². The fraction of sp³-hybridized carbons (Fsp3) is 0.393. The summed E-state index contributed by atoms with van der Waals surface area (Å²) in [5, 5.41) is 2.74. The Bertz CT molecular complexity index is 2660. The van der Waals surface area contributed by atoms with Crippen molar-refractivity contribution in [3.63, 3.8) is 0 Å². The van der Waals surface area contributed by atoms with E-state index in [0.29, 0.717) is 22.3 Å². The van der Waals surface area contributed by atoms with E-state index in [-0.39, 0.29) is 89.3 Å². The Balaban J connectivity index is 0.00000137. The van der Waals surface area contributed by atoms with Crippen molar-refractivity contribution in [3.05, 3.63) is 95.1 Å². The molecule has 19 heteroatoms. The van der Waals surface area contributed by atoms with Gasteiger partial charge in [0.1, 0.15) is 5.78 Å². The highest BCUT2D eigenvalue weighted by Gasteiger charge is 2.48. The van der Waals surface area contributed by atoms with Crippen LogP contribution >= 0.6 is 0 Å². The standard InChI is InChI=1S/C51H52O17.C5H9NO/c1-26-39(18-35-10-14-43(61-27(2)52)47(22-35)65-31(6)56)41(20-37-12-16-45(63-29(4)54)49(24-37)67-33(8)58)51(60)42(21-38-13-17-46(64-30(5)55)50(25-38)68-34(9)59)40(26)19-36-11-15-44(62-28(3)53)48(23-36)66-32(7)57;7-5-3-1-2-4-6-5/h10-17,22-26,39-42H,18-21H2,1-9H3;1-4H2,(H,6,7). The summed E-state index contributed by atoms with van der Waals surface area (Å²) in [5.41, 5.74) is 2.38. The van der Waals surface area contributed by atoms with Gasteiger partial charge in [-0.15, -0.1) is 0 Å². The quantitative estimate of drug-likeness (QED) is 0.0851. The van der Waals surface area contributed by atoms with Crippen LogP contribution in [0.15, 0.2) is 72.8 Å². The number of esters is 8. The van der Waals surface area contributed by atoms with Gasteiger partial charge >= 0.3 is 47.8 Å². The molecule has 0 radical (unpaired) electrons. The molecule has 1 aliphatic heterocycles. The normalized spacial score (nSPS) is 17.9. The van der Waals surface area contributed by atoms with Gasteiger partial charge in [-0.25, -0.2) is 0 Å². The average Bonchev–Trinajstić information content (AvgIpc) is 3.30. The number of hydrogen-bond donors (Lipinski definition) is 1. The molecule has 19 nitrogen and oxygen atoms in total. The minimum Gasteiger partial charge on any atom is -0.423 e. The van der Waals surface area contributed by atoms with E-state index in [4.69, 9.17) is 37.9 Å². The van der Waals surface area contributed by atoms with Crippen LogP contribution in [-0.4, -0.2) is 66.0 Å². The number of hydrogen-bond acceptors (Lipinski definition) is 18. The Morgan fingerprint density at radius 3 is 0.893 bits per heavy atom. The Kier molecular flexibility index (Phi) is 20.5. The lowest BCUT2D eigenvalue weighted by Gasteiger charge is -2.46. The van der Waals surface area contributed by atoms with E-state index in [1.54, 1.807) is 36.4 Å². The van der Waals surface area contributed by atoms with Gasteiger partial charge in [-0.05, 0) is 127 Å². The van der Waals surface area contributed by atoms with E-state index in [2.05, 4.69) is 5.32 Å². The fourth-order valence-electron chi connectivity index (χ4n) is 9.30. The third-order valence-electron chi connectivity index (χ3n) is 12.2. The van der Waals surface area contributed by atoms with Crippen LogP contribution in [0.2, 0.25) is 0 Å². The molecule has 1 N–H and O–H groups in total. The number of carbonyl (C=O) groups excluding carboxylic acids is 10. The topological polar surface area (TPSA) is 257 Å². The number of rotatable bonds is 16. The largest absolute Gasteiger partial charge is 0.423 e. The predicted octanol–water partition coefficient (Wildman–Crippen LogP) is 7.33. The van der Waals surface area contributed by atoms with Crippen molar-refractivity contribution >= 4 is 59.4 Å². The van der Waals surface area contributed by atoms with Crippen LogP contribution in [0.3, 0.4) is 0 Å². The van der Waals surface area contributed by atoms with Crippen molar-refractivity contribution in [2.45, 2.75) is 107 Å². The van der Waals surface area contributed by atoms with Crippen LogP contribution in [0.1, 0.15) is 104 Å². The summed E-state index contributed by atoms with van der Waals surface area (Å²) < 4.78 is 43.1.